The molecule has 1 aromatic heterocycles. The van der Waals surface area contributed by atoms with Crippen LogP contribution >= 0.6 is 0 Å². The molecule has 21 heavy (non-hydrogen) atoms. The van der Waals surface area contributed by atoms with E-state index < -0.39 is 0 Å². The van der Waals surface area contributed by atoms with Gasteiger partial charge in [0.15, 0.2) is 0 Å². The molecular formula is C17H22FN3. The van der Waals surface area contributed by atoms with E-state index in [-0.39, 0.29) is 11.9 Å². The summed E-state index contributed by atoms with van der Waals surface area (Å²) in [4.78, 5) is 6.43. The fourth-order valence-corrected chi connectivity index (χ4v) is 2.33. The van der Waals surface area contributed by atoms with E-state index in [1.807, 2.05) is 38.2 Å². The quantitative estimate of drug-likeness (QED) is 0.918. The topological polar surface area (TPSA) is 42.2 Å². The van der Waals surface area contributed by atoms with E-state index in [2.05, 4.69) is 9.88 Å². The van der Waals surface area contributed by atoms with Gasteiger partial charge < -0.3 is 10.6 Å². The molecular weight excluding hydrogens is 265 g/mol. The molecule has 2 N–H and O–H groups in total. The molecule has 1 aromatic carbocycles. The number of pyridine rings is 1. The number of anilines is 1. The van der Waals surface area contributed by atoms with Gasteiger partial charge in [-0.1, -0.05) is 6.07 Å². The van der Waals surface area contributed by atoms with Crippen molar-refractivity contribution in [3.05, 3.63) is 59.2 Å². The zero-order chi connectivity index (χ0) is 15.4. The van der Waals surface area contributed by atoms with Crippen LogP contribution in [0.3, 0.4) is 0 Å². The summed E-state index contributed by atoms with van der Waals surface area (Å²) in [6, 6.07) is 9.12. The molecule has 0 saturated heterocycles. The van der Waals surface area contributed by atoms with Crippen LogP contribution in [0.4, 0.5) is 10.1 Å². The van der Waals surface area contributed by atoms with Gasteiger partial charge in [-0.15, -0.1) is 0 Å². The number of likely N-dealkylation sites (N-methyl/N-ethyl adjacent to an activating group) is 1. The second-order valence-electron chi connectivity index (χ2n) is 5.44. The number of nitrogens with zero attached hydrogens (tertiary/aromatic N) is 2. The maximum absolute atomic E-state index is 13.7. The first kappa shape index (κ1) is 15.4. The molecule has 0 fully saturated rings. The molecule has 0 aliphatic heterocycles. The fraction of sp³-hybridized carbons (Fsp3) is 0.353. The number of aromatic nitrogens is 1. The summed E-state index contributed by atoms with van der Waals surface area (Å²) in [5.74, 6) is -0.204. The second-order valence-corrected chi connectivity index (χ2v) is 5.44. The highest BCUT2D eigenvalue weighted by Crippen LogP contribution is 2.27. The van der Waals surface area contributed by atoms with E-state index >= 15 is 0 Å². The number of nitrogens with two attached hydrogens (primary N) is 1. The van der Waals surface area contributed by atoms with Crippen LogP contribution in [-0.4, -0.2) is 18.6 Å². The molecule has 0 unspecified atom stereocenters. The third kappa shape index (κ3) is 3.79. The molecule has 0 spiro atoms. The van der Waals surface area contributed by atoms with Crippen molar-refractivity contribution in [1.29, 1.82) is 0 Å². The summed E-state index contributed by atoms with van der Waals surface area (Å²) in [5, 5.41) is 0. The van der Waals surface area contributed by atoms with Crippen LogP contribution in [0.15, 0.2) is 36.5 Å². The van der Waals surface area contributed by atoms with Gasteiger partial charge in [-0.3, -0.25) is 4.98 Å². The smallest absolute Gasteiger partial charge is 0.126 e. The van der Waals surface area contributed by atoms with Gasteiger partial charge >= 0.3 is 0 Å². The molecule has 3 nitrogen and oxygen atoms in total. The van der Waals surface area contributed by atoms with E-state index in [1.54, 1.807) is 19.2 Å². The molecule has 0 aliphatic rings. The maximum atomic E-state index is 13.7. The standard InChI is InChI=1S/C17H22FN3/c1-12-10-17(15(13(2)19)11-16(12)18)21(3)9-7-14-6-4-5-8-20-14/h4-6,8,10-11,13H,7,9,19H2,1-3H3/t13-/m1/s1. The highest BCUT2D eigenvalue weighted by atomic mass is 19.1. The monoisotopic (exact) mass is 287 g/mol. The minimum Gasteiger partial charge on any atom is -0.374 e. The van der Waals surface area contributed by atoms with E-state index in [0.29, 0.717) is 5.56 Å². The number of hydrogen-bond acceptors (Lipinski definition) is 3. The summed E-state index contributed by atoms with van der Waals surface area (Å²) in [6.07, 6.45) is 2.64. The van der Waals surface area contributed by atoms with Crippen molar-refractivity contribution < 1.29 is 4.39 Å². The number of rotatable bonds is 5. The summed E-state index contributed by atoms with van der Waals surface area (Å²) >= 11 is 0. The van der Waals surface area contributed by atoms with Crippen molar-refractivity contribution in [2.24, 2.45) is 5.73 Å². The number of benzene rings is 1. The molecule has 0 amide bonds. The van der Waals surface area contributed by atoms with Crippen LogP contribution in [0.25, 0.3) is 0 Å². The van der Waals surface area contributed by atoms with Crippen LogP contribution in [-0.2, 0) is 6.42 Å². The predicted molar refractivity (Wildman–Crippen MR) is 85.0 cm³/mol. The van der Waals surface area contributed by atoms with E-state index in [9.17, 15) is 4.39 Å². The molecule has 2 rings (SSSR count). The largest absolute Gasteiger partial charge is 0.374 e. The van der Waals surface area contributed by atoms with Crippen molar-refractivity contribution in [1.82, 2.24) is 4.98 Å². The van der Waals surface area contributed by atoms with Crippen molar-refractivity contribution in [3.8, 4) is 0 Å². The van der Waals surface area contributed by atoms with Crippen molar-refractivity contribution >= 4 is 5.69 Å². The molecule has 1 atom stereocenters. The van der Waals surface area contributed by atoms with Crippen LogP contribution in [0.5, 0.6) is 0 Å². The lowest BCUT2D eigenvalue weighted by Crippen LogP contribution is -2.24. The Bertz CT molecular complexity index is 596. The minimum atomic E-state index is -0.204. The lowest BCUT2D eigenvalue weighted by atomic mass is 10.0. The Morgan fingerprint density at radius 2 is 2.10 bits per heavy atom. The fourth-order valence-electron chi connectivity index (χ4n) is 2.33. The van der Waals surface area contributed by atoms with Gasteiger partial charge in [0, 0.05) is 43.6 Å². The van der Waals surface area contributed by atoms with Gasteiger partial charge in [0.2, 0.25) is 0 Å². The summed E-state index contributed by atoms with van der Waals surface area (Å²) in [5.41, 5.74) is 9.48. The van der Waals surface area contributed by atoms with Gasteiger partial charge in [0.25, 0.3) is 0 Å². The molecule has 0 bridgehead atoms. The molecule has 0 radical (unpaired) electrons. The summed E-state index contributed by atoms with van der Waals surface area (Å²) in [6.45, 7) is 4.46. The Kier molecular flexibility index (Phi) is 4.91. The highest BCUT2D eigenvalue weighted by molar-refractivity contribution is 5.56. The van der Waals surface area contributed by atoms with Gasteiger partial charge in [0.1, 0.15) is 5.82 Å². The SMILES string of the molecule is Cc1cc(N(C)CCc2ccccn2)c([C@@H](C)N)cc1F. The van der Waals surface area contributed by atoms with Crippen LogP contribution in [0, 0.1) is 12.7 Å². The first-order chi connectivity index (χ1) is 9.99. The maximum Gasteiger partial charge on any atom is 0.126 e. The van der Waals surface area contributed by atoms with Crippen LogP contribution in [0.2, 0.25) is 0 Å². The van der Waals surface area contributed by atoms with Crippen molar-refractivity contribution in [2.45, 2.75) is 26.3 Å². The predicted octanol–water partition coefficient (Wildman–Crippen LogP) is 3.23. The van der Waals surface area contributed by atoms with Crippen LogP contribution in [0.1, 0.15) is 29.8 Å². The Labute approximate surface area is 125 Å². The zero-order valence-corrected chi connectivity index (χ0v) is 12.8. The van der Waals surface area contributed by atoms with Gasteiger partial charge in [-0.05, 0) is 49.2 Å². The van der Waals surface area contributed by atoms with E-state index in [1.165, 1.54) is 0 Å². The van der Waals surface area contributed by atoms with E-state index in [4.69, 9.17) is 5.73 Å². The summed E-state index contributed by atoms with van der Waals surface area (Å²) in [7, 11) is 2.00. The lowest BCUT2D eigenvalue weighted by Gasteiger charge is -2.24. The third-order valence-corrected chi connectivity index (χ3v) is 3.64. The lowest BCUT2D eigenvalue weighted by molar-refractivity contribution is 0.612. The highest BCUT2D eigenvalue weighted by Gasteiger charge is 2.14. The number of hydrogen-bond donors (Lipinski definition) is 1. The molecule has 4 heteroatoms. The summed E-state index contributed by atoms with van der Waals surface area (Å²) < 4.78 is 13.7. The molecule has 112 valence electrons. The number of halogens is 1. The Balaban J connectivity index is 2.18. The Morgan fingerprint density at radius 1 is 1.33 bits per heavy atom. The first-order valence-corrected chi connectivity index (χ1v) is 7.15. The second kappa shape index (κ2) is 6.68. The molecule has 0 saturated carbocycles. The normalized spacial score (nSPS) is 12.2. The molecule has 1 heterocycles. The Morgan fingerprint density at radius 3 is 2.71 bits per heavy atom. The minimum absolute atomic E-state index is 0.201. The first-order valence-electron chi connectivity index (χ1n) is 7.15. The van der Waals surface area contributed by atoms with E-state index in [0.717, 1.165) is 29.9 Å². The van der Waals surface area contributed by atoms with Crippen molar-refractivity contribution in [2.75, 3.05) is 18.5 Å². The van der Waals surface area contributed by atoms with Gasteiger partial charge in [-0.25, -0.2) is 4.39 Å². The average molecular weight is 287 g/mol. The van der Waals surface area contributed by atoms with Gasteiger partial charge in [0.05, 0.1) is 0 Å². The average Bonchev–Trinajstić information content (AvgIpc) is 2.48. The third-order valence-electron chi connectivity index (χ3n) is 3.64. The molecule has 0 aliphatic carbocycles. The number of aryl methyl sites for hydroxylation is 1. The van der Waals surface area contributed by atoms with Crippen molar-refractivity contribution in [3.63, 3.8) is 0 Å². The zero-order valence-electron chi connectivity index (χ0n) is 12.8. The molecule has 2 aromatic rings. The van der Waals surface area contributed by atoms with Gasteiger partial charge in [-0.2, -0.15) is 0 Å². The Hall–Kier alpha value is -1.94. The van der Waals surface area contributed by atoms with Crippen LogP contribution < -0.4 is 10.6 Å².